The molecule has 0 unspecified atom stereocenters. The molecule has 2 aliphatic rings. The van der Waals surface area contributed by atoms with Crippen LogP contribution in [0.25, 0.3) is 22.4 Å². The van der Waals surface area contributed by atoms with E-state index in [9.17, 15) is 4.79 Å². The van der Waals surface area contributed by atoms with Gasteiger partial charge in [0.15, 0.2) is 0 Å². The number of aromatic nitrogens is 2. The van der Waals surface area contributed by atoms with Crippen molar-refractivity contribution in [1.29, 1.82) is 0 Å². The lowest BCUT2D eigenvalue weighted by molar-refractivity contribution is 0.0726. The first-order valence-corrected chi connectivity index (χ1v) is 9.46. The van der Waals surface area contributed by atoms with Gasteiger partial charge in [0.25, 0.3) is 11.6 Å². The first-order valence-electron chi connectivity index (χ1n) is 9.46. The Balaban J connectivity index is 1.68. The molecule has 5 nitrogen and oxygen atoms in total. The van der Waals surface area contributed by atoms with E-state index >= 15 is 0 Å². The molecule has 5 rings (SSSR count). The molecule has 0 atom stereocenters. The summed E-state index contributed by atoms with van der Waals surface area (Å²) in [5.41, 5.74) is 3.79. The van der Waals surface area contributed by atoms with Crippen molar-refractivity contribution in [2.24, 2.45) is 0 Å². The molecule has 0 radical (unpaired) electrons. The molecule has 2 fully saturated rings. The molecule has 2 aromatic heterocycles. The lowest BCUT2D eigenvalue weighted by atomic mass is 10.0. The summed E-state index contributed by atoms with van der Waals surface area (Å²) >= 11 is 0. The number of carbonyl (C=O) groups excluding carboxylic acids is 1. The number of pyridine rings is 1. The highest BCUT2D eigenvalue weighted by Gasteiger charge is 2.30. The predicted molar refractivity (Wildman–Crippen MR) is 99.0 cm³/mol. The predicted octanol–water partition coefficient (Wildman–Crippen LogP) is 4.39. The zero-order valence-corrected chi connectivity index (χ0v) is 14.6. The standard InChI is InChI=1S/C21H21N3O2/c25-21(24-11-5-2-6-12-24)16-13-17(14-9-10-14)22-20-18(16)19(23-26-20)15-7-3-1-4-8-15/h1,3-4,7-8,13-14H,2,5-6,9-12H2. The van der Waals surface area contributed by atoms with Crippen LogP contribution in [0, 0.1) is 0 Å². The van der Waals surface area contributed by atoms with Gasteiger partial charge >= 0.3 is 0 Å². The van der Waals surface area contributed by atoms with Gasteiger partial charge in [-0.2, -0.15) is 0 Å². The SMILES string of the molecule is O=C(c1cc(C2CC2)nc2onc(-c3ccccc3)c12)N1CCCCC1. The third kappa shape index (κ3) is 2.68. The van der Waals surface area contributed by atoms with Crippen molar-refractivity contribution in [2.45, 2.75) is 38.0 Å². The molecular weight excluding hydrogens is 326 g/mol. The third-order valence-corrected chi connectivity index (χ3v) is 5.38. The van der Waals surface area contributed by atoms with Crippen LogP contribution in [0.15, 0.2) is 40.9 Å². The van der Waals surface area contributed by atoms with Crippen LogP contribution < -0.4 is 0 Å². The Bertz CT molecular complexity index is 954. The Hall–Kier alpha value is -2.69. The summed E-state index contributed by atoms with van der Waals surface area (Å²) in [5, 5.41) is 5.01. The Morgan fingerprint density at radius 2 is 1.85 bits per heavy atom. The smallest absolute Gasteiger partial charge is 0.259 e. The van der Waals surface area contributed by atoms with Crippen LogP contribution in [0.5, 0.6) is 0 Å². The summed E-state index contributed by atoms with van der Waals surface area (Å²) in [5.74, 6) is 0.539. The van der Waals surface area contributed by atoms with Gasteiger partial charge in [-0.3, -0.25) is 4.79 Å². The minimum atomic E-state index is 0.0828. The molecule has 0 bridgehead atoms. The zero-order valence-electron chi connectivity index (χ0n) is 14.6. The number of carbonyl (C=O) groups is 1. The fourth-order valence-electron chi connectivity index (χ4n) is 3.79. The molecule has 1 saturated heterocycles. The molecule has 1 aromatic carbocycles. The van der Waals surface area contributed by atoms with E-state index < -0.39 is 0 Å². The number of nitrogens with zero attached hydrogens (tertiary/aromatic N) is 3. The number of amides is 1. The zero-order chi connectivity index (χ0) is 17.5. The largest absolute Gasteiger partial charge is 0.339 e. The summed E-state index contributed by atoms with van der Waals surface area (Å²) < 4.78 is 5.57. The molecule has 1 amide bonds. The molecule has 3 aromatic rings. The van der Waals surface area contributed by atoms with Crippen molar-refractivity contribution in [3.63, 3.8) is 0 Å². The summed E-state index contributed by atoms with van der Waals surface area (Å²) in [6.07, 6.45) is 5.62. The van der Waals surface area contributed by atoms with Crippen LogP contribution in [-0.2, 0) is 0 Å². The Kier molecular flexibility index (Phi) is 3.73. The lowest BCUT2D eigenvalue weighted by Gasteiger charge is -2.27. The average Bonchev–Trinajstić information content (AvgIpc) is 3.47. The fourth-order valence-corrected chi connectivity index (χ4v) is 3.79. The van der Waals surface area contributed by atoms with Crippen LogP contribution >= 0.6 is 0 Å². The highest BCUT2D eigenvalue weighted by Crippen LogP contribution is 2.41. The molecule has 1 aliphatic carbocycles. The number of hydrogen-bond acceptors (Lipinski definition) is 4. The molecule has 1 saturated carbocycles. The molecule has 0 spiro atoms. The van der Waals surface area contributed by atoms with Crippen LogP contribution in [0.3, 0.4) is 0 Å². The molecule has 5 heteroatoms. The van der Waals surface area contributed by atoms with Crippen molar-refractivity contribution in [1.82, 2.24) is 15.0 Å². The van der Waals surface area contributed by atoms with E-state index in [0.717, 1.165) is 55.4 Å². The van der Waals surface area contributed by atoms with Gasteiger partial charge in [0, 0.05) is 30.3 Å². The topological polar surface area (TPSA) is 59.2 Å². The van der Waals surface area contributed by atoms with E-state index in [0.29, 0.717) is 22.9 Å². The fraction of sp³-hybridized carbons (Fsp3) is 0.381. The Labute approximate surface area is 152 Å². The highest BCUT2D eigenvalue weighted by atomic mass is 16.5. The molecule has 1 aliphatic heterocycles. The van der Waals surface area contributed by atoms with Crippen LogP contribution in [0.1, 0.15) is 54.1 Å². The first kappa shape index (κ1) is 15.6. The maximum atomic E-state index is 13.3. The van der Waals surface area contributed by atoms with E-state index in [1.807, 2.05) is 41.3 Å². The van der Waals surface area contributed by atoms with E-state index in [4.69, 9.17) is 4.52 Å². The lowest BCUT2D eigenvalue weighted by Crippen LogP contribution is -2.35. The number of fused-ring (bicyclic) bond motifs is 1. The molecule has 0 N–H and O–H groups in total. The number of likely N-dealkylation sites (tertiary alicyclic amines) is 1. The maximum absolute atomic E-state index is 13.3. The summed E-state index contributed by atoms with van der Waals surface area (Å²) in [7, 11) is 0. The molecular formula is C21H21N3O2. The monoisotopic (exact) mass is 347 g/mol. The summed E-state index contributed by atoms with van der Waals surface area (Å²) in [4.78, 5) is 20.0. The normalized spacial score (nSPS) is 17.6. The van der Waals surface area contributed by atoms with Crippen LogP contribution in [0.4, 0.5) is 0 Å². The molecule has 26 heavy (non-hydrogen) atoms. The van der Waals surface area contributed by atoms with Crippen LogP contribution in [-0.4, -0.2) is 34.0 Å². The van der Waals surface area contributed by atoms with Gasteiger partial charge in [-0.15, -0.1) is 0 Å². The van der Waals surface area contributed by atoms with E-state index in [2.05, 4.69) is 10.1 Å². The van der Waals surface area contributed by atoms with Gasteiger partial charge in [0.1, 0.15) is 5.69 Å². The van der Waals surface area contributed by atoms with Crippen molar-refractivity contribution in [3.8, 4) is 11.3 Å². The van der Waals surface area contributed by atoms with E-state index in [1.54, 1.807) is 0 Å². The van der Waals surface area contributed by atoms with Gasteiger partial charge in [-0.25, -0.2) is 4.98 Å². The van der Waals surface area contributed by atoms with Gasteiger partial charge in [-0.1, -0.05) is 35.5 Å². The second-order valence-corrected chi connectivity index (χ2v) is 7.30. The third-order valence-electron chi connectivity index (χ3n) is 5.38. The van der Waals surface area contributed by atoms with Crippen molar-refractivity contribution < 1.29 is 9.32 Å². The van der Waals surface area contributed by atoms with Gasteiger partial charge in [0.05, 0.1) is 10.9 Å². The van der Waals surface area contributed by atoms with Crippen molar-refractivity contribution in [3.05, 3.63) is 47.7 Å². The van der Waals surface area contributed by atoms with Crippen LogP contribution in [0.2, 0.25) is 0 Å². The second-order valence-electron chi connectivity index (χ2n) is 7.30. The van der Waals surface area contributed by atoms with Crippen molar-refractivity contribution >= 4 is 17.0 Å². The first-order chi connectivity index (χ1) is 12.8. The van der Waals surface area contributed by atoms with E-state index in [1.165, 1.54) is 6.42 Å². The molecule has 3 heterocycles. The average molecular weight is 347 g/mol. The van der Waals surface area contributed by atoms with Crippen molar-refractivity contribution in [2.75, 3.05) is 13.1 Å². The van der Waals surface area contributed by atoms with Gasteiger partial charge in [-0.05, 0) is 38.2 Å². The summed E-state index contributed by atoms with van der Waals surface area (Å²) in [6, 6.07) is 11.9. The minimum absolute atomic E-state index is 0.0828. The number of benzene rings is 1. The quantitative estimate of drug-likeness (QED) is 0.705. The number of hydrogen-bond donors (Lipinski definition) is 0. The highest BCUT2D eigenvalue weighted by molar-refractivity contribution is 6.09. The van der Waals surface area contributed by atoms with Gasteiger partial charge in [0.2, 0.25) is 0 Å². The Morgan fingerprint density at radius 1 is 1.08 bits per heavy atom. The van der Waals surface area contributed by atoms with E-state index in [-0.39, 0.29) is 5.91 Å². The summed E-state index contributed by atoms with van der Waals surface area (Å²) in [6.45, 7) is 1.65. The van der Waals surface area contributed by atoms with Gasteiger partial charge < -0.3 is 9.42 Å². The number of piperidine rings is 1. The second kappa shape index (κ2) is 6.24. The Morgan fingerprint density at radius 3 is 2.58 bits per heavy atom. The number of rotatable bonds is 3. The molecule has 132 valence electrons. The maximum Gasteiger partial charge on any atom is 0.259 e. The minimum Gasteiger partial charge on any atom is -0.339 e.